The third kappa shape index (κ3) is 5.59. The maximum atomic E-state index is 12.8. The van der Waals surface area contributed by atoms with Gasteiger partial charge >= 0.3 is 0 Å². The lowest BCUT2D eigenvalue weighted by Gasteiger charge is -2.36. The van der Waals surface area contributed by atoms with Gasteiger partial charge in [0.15, 0.2) is 11.0 Å². The highest BCUT2D eigenvalue weighted by Gasteiger charge is 2.23. The molecule has 1 aliphatic rings. The number of benzene rings is 2. The van der Waals surface area contributed by atoms with Crippen molar-refractivity contribution < 1.29 is 9.59 Å². The molecule has 0 radical (unpaired) electrons. The molecule has 0 bridgehead atoms. The Hall–Kier alpha value is -3.33. The van der Waals surface area contributed by atoms with Gasteiger partial charge in [-0.3, -0.25) is 9.59 Å². The topological polar surface area (TPSA) is 83.4 Å². The summed E-state index contributed by atoms with van der Waals surface area (Å²) in [5.74, 6) is 0.898. The molecule has 1 aromatic heterocycles. The highest BCUT2D eigenvalue weighted by atomic mass is 32.2. The highest BCUT2D eigenvalue weighted by Crippen LogP contribution is 2.21. The molecule has 4 rings (SSSR count). The third-order valence-corrected chi connectivity index (χ3v) is 6.97. The van der Waals surface area contributed by atoms with E-state index in [0.717, 1.165) is 18.7 Å². The van der Waals surface area contributed by atoms with Crippen LogP contribution in [0.5, 0.6) is 0 Å². The summed E-state index contributed by atoms with van der Waals surface area (Å²) in [5.41, 5.74) is 2.84. The summed E-state index contributed by atoms with van der Waals surface area (Å²) < 4.78 is 1.84. The van der Waals surface area contributed by atoms with E-state index < -0.39 is 0 Å². The zero-order chi connectivity index (χ0) is 24.1. The first kappa shape index (κ1) is 23.8. The minimum Gasteiger partial charge on any atom is -0.368 e. The number of para-hydroxylation sites is 1. The van der Waals surface area contributed by atoms with Gasteiger partial charge < -0.3 is 19.7 Å². The molecule has 0 unspecified atom stereocenters. The van der Waals surface area contributed by atoms with Crippen molar-refractivity contribution >= 4 is 29.3 Å². The molecule has 178 valence electrons. The fraction of sp³-hybridized carbons (Fsp3) is 0.360. The summed E-state index contributed by atoms with van der Waals surface area (Å²) >= 11 is 1.37. The SMILES string of the molecule is Cc1cccc(C(=O)N[C@@H](C)c2nnc(SCC(=O)N3CCN(c4ccccc4)CC3)n2C)c1. The average molecular weight is 479 g/mol. The zero-order valence-electron chi connectivity index (χ0n) is 19.8. The summed E-state index contributed by atoms with van der Waals surface area (Å²) in [6.07, 6.45) is 0. The van der Waals surface area contributed by atoms with Crippen molar-refractivity contribution in [1.82, 2.24) is 25.0 Å². The summed E-state index contributed by atoms with van der Waals surface area (Å²) in [6.45, 7) is 6.90. The van der Waals surface area contributed by atoms with Crippen LogP contribution >= 0.6 is 11.8 Å². The van der Waals surface area contributed by atoms with Crippen LogP contribution in [0.1, 0.15) is 34.7 Å². The molecule has 2 aromatic carbocycles. The van der Waals surface area contributed by atoms with Gasteiger partial charge in [0.25, 0.3) is 5.91 Å². The molecule has 0 aliphatic carbocycles. The quantitative estimate of drug-likeness (QED) is 0.526. The van der Waals surface area contributed by atoms with Gasteiger partial charge in [0.1, 0.15) is 0 Å². The second-order valence-electron chi connectivity index (χ2n) is 8.46. The number of nitrogens with one attached hydrogen (secondary N) is 1. The van der Waals surface area contributed by atoms with Crippen molar-refractivity contribution in [3.63, 3.8) is 0 Å². The van der Waals surface area contributed by atoms with Crippen LogP contribution in [0.25, 0.3) is 0 Å². The number of carbonyl (C=O) groups is 2. The van der Waals surface area contributed by atoms with E-state index in [1.165, 1.54) is 17.4 Å². The normalized spacial score (nSPS) is 14.7. The number of carbonyl (C=O) groups excluding carboxylic acids is 2. The molecule has 9 heteroatoms. The number of amides is 2. The fourth-order valence-corrected chi connectivity index (χ4v) is 4.85. The lowest BCUT2D eigenvalue weighted by molar-refractivity contribution is -0.128. The third-order valence-electron chi connectivity index (χ3n) is 5.96. The van der Waals surface area contributed by atoms with Gasteiger partial charge in [-0.15, -0.1) is 10.2 Å². The summed E-state index contributed by atoms with van der Waals surface area (Å²) in [6, 6.07) is 17.4. The van der Waals surface area contributed by atoms with Crippen LogP contribution in [0.15, 0.2) is 59.8 Å². The Balaban J connectivity index is 1.28. The van der Waals surface area contributed by atoms with E-state index in [1.807, 2.05) is 66.8 Å². The first-order valence-corrected chi connectivity index (χ1v) is 12.4. The number of rotatable bonds is 7. The van der Waals surface area contributed by atoms with Gasteiger partial charge in [0.05, 0.1) is 11.8 Å². The number of piperazine rings is 1. The first-order chi connectivity index (χ1) is 16.4. The van der Waals surface area contributed by atoms with Crippen LogP contribution in [0, 0.1) is 6.92 Å². The monoisotopic (exact) mass is 478 g/mol. The molecule has 2 amide bonds. The minimum atomic E-state index is -0.318. The first-order valence-electron chi connectivity index (χ1n) is 11.4. The van der Waals surface area contributed by atoms with E-state index >= 15 is 0 Å². The second-order valence-corrected chi connectivity index (χ2v) is 9.40. The van der Waals surface area contributed by atoms with Crippen molar-refractivity contribution in [3.8, 4) is 0 Å². The van der Waals surface area contributed by atoms with Crippen LogP contribution < -0.4 is 10.2 Å². The van der Waals surface area contributed by atoms with Crippen LogP contribution in [-0.4, -0.2) is 63.4 Å². The second kappa shape index (κ2) is 10.7. The zero-order valence-corrected chi connectivity index (χ0v) is 20.6. The lowest BCUT2D eigenvalue weighted by atomic mass is 10.1. The molecule has 0 saturated carbocycles. The molecule has 1 aliphatic heterocycles. The summed E-state index contributed by atoms with van der Waals surface area (Å²) in [7, 11) is 1.86. The molecule has 8 nitrogen and oxygen atoms in total. The summed E-state index contributed by atoms with van der Waals surface area (Å²) in [5, 5.41) is 12.1. The molecule has 3 aromatic rings. The van der Waals surface area contributed by atoms with E-state index in [-0.39, 0.29) is 17.9 Å². The van der Waals surface area contributed by atoms with Gasteiger partial charge in [-0.2, -0.15) is 0 Å². The Morgan fingerprint density at radius 1 is 1.03 bits per heavy atom. The minimum absolute atomic E-state index is 0.100. The number of thioether (sulfide) groups is 1. The largest absolute Gasteiger partial charge is 0.368 e. The van der Waals surface area contributed by atoms with Crippen molar-refractivity contribution in [1.29, 1.82) is 0 Å². The van der Waals surface area contributed by atoms with Gasteiger partial charge in [-0.05, 0) is 38.1 Å². The standard InChI is InChI=1S/C25H30N6O2S/c1-18-8-7-9-20(16-18)24(33)26-19(2)23-27-28-25(29(23)3)34-17-22(32)31-14-12-30(13-15-31)21-10-5-4-6-11-21/h4-11,16,19H,12-15,17H2,1-3H3,(H,26,33)/t19-/m0/s1. The van der Waals surface area contributed by atoms with E-state index in [9.17, 15) is 9.59 Å². The predicted octanol–water partition coefficient (Wildman–Crippen LogP) is 3.06. The molecule has 1 N–H and O–H groups in total. The molecule has 1 saturated heterocycles. The number of hydrogen-bond donors (Lipinski definition) is 1. The maximum absolute atomic E-state index is 12.8. The van der Waals surface area contributed by atoms with E-state index in [2.05, 4.69) is 32.5 Å². The van der Waals surface area contributed by atoms with Gasteiger partial charge in [-0.1, -0.05) is 47.7 Å². The van der Waals surface area contributed by atoms with Gasteiger partial charge in [-0.25, -0.2) is 0 Å². The van der Waals surface area contributed by atoms with E-state index in [0.29, 0.717) is 35.4 Å². The van der Waals surface area contributed by atoms with E-state index in [4.69, 9.17) is 0 Å². The lowest BCUT2D eigenvalue weighted by Crippen LogP contribution is -2.49. The fourth-order valence-electron chi connectivity index (χ4n) is 4.03. The van der Waals surface area contributed by atoms with Crippen molar-refractivity contribution in [2.24, 2.45) is 7.05 Å². The smallest absolute Gasteiger partial charge is 0.251 e. The van der Waals surface area contributed by atoms with E-state index in [1.54, 1.807) is 6.07 Å². The predicted molar refractivity (Wildman–Crippen MR) is 134 cm³/mol. The number of nitrogens with zero attached hydrogens (tertiary/aromatic N) is 5. The summed E-state index contributed by atoms with van der Waals surface area (Å²) in [4.78, 5) is 29.6. The number of anilines is 1. The van der Waals surface area contributed by atoms with Gasteiger partial charge in [0.2, 0.25) is 5.91 Å². The Morgan fingerprint density at radius 3 is 2.47 bits per heavy atom. The molecular weight excluding hydrogens is 448 g/mol. The Labute approximate surface area is 204 Å². The van der Waals surface area contributed by atoms with Crippen LogP contribution in [0.4, 0.5) is 5.69 Å². The molecule has 34 heavy (non-hydrogen) atoms. The Morgan fingerprint density at radius 2 is 1.76 bits per heavy atom. The number of aromatic nitrogens is 3. The van der Waals surface area contributed by atoms with Crippen LogP contribution in [-0.2, 0) is 11.8 Å². The average Bonchev–Trinajstić information content (AvgIpc) is 3.23. The molecule has 1 fully saturated rings. The van der Waals surface area contributed by atoms with Crippen molar-refractivity contribution in [3.05, 3.63) is 71.5 Å². The van der Waals surface area contributed by atoms with Gasteiger partial charge in [0, 0.05) is 44.5 Å². The van der Waals surface area contributed by atoms with Crippen LogP contribution in [0.2, 0.25) is 0 Å². The Bertz CT molecular complexity index is 1140. The molecule has 0 spiro atoms. The number of hydrogen-bond acceptors (Lipinski definition) is 6. The molecular formula is C25H30N6O2S. The molecule has 2 heterocycles. The number of aryl methyl sites for hydroxylation is 1. The van der Waals surface area contributed by atoms with Crippen molar-refractivity contribution in [2.45, 2.75) is 25.0 Å². The van der Waals surface area contributed by atoms with Crippen molar-refractivity contribution in [2.75, 3.05) is 36.8 Å². The maximum Gasteiger partial charge on any atom is 0.251 e. The molecule has 1 atom stereocenters. The highest BCUT2D eigenvalue weighted by molar-refractivity contribution is 7.99. The van der Waals surface area contributed by atoms with Crippen LogP contribution in [0.3, 0.4) is 0 Å². The Kier molecular flexibility index (Phi) is 7.52.